The number of nitrogens with zero attached hydrogens (tertiary/aromatic N) is 1. The summed E-state index contributed by atoms with van der Waals surface area (Å²) in [6.45, 7) is 4.29. The van der Waals surface area contributed by atoms with Crippen LogP contribution in [0.5, 0.6) is 0 Å². The van der Waals surface area contributed by atoms with E-state index in [4.69, 9.17) is 22.1 Å². The second-order valence-corrected chi connectivity index (χ2v) is 7.02. The maximum Gasteiger partial charge on any atom is 0.246 e. The Labute approximate surface area is 118 Å². The Morgan fingerprint density at radius 2 is 1.89 bits per heavy atom. The average molecular weight is 305 g/mol. The number of sulfonamides is 1. The molecule has 0 radical (unpaired) electrons. The predicted octanol–water partition coefficient (Wildman–Crippen LogP) is 1.72. The molecule has 0 bridgehead atoms. The van der Waals surface area contributed by atoms with Gasteiger partial charge in [-0.25, -0.2) is 8.42 Å². The number of ether oxygens (including phenoxy) is 1. The molecule has 1 aromatic carbocycles. The Balaban J connectivity index is 2.42. The Morgan fingerprint density at radius 3 is 2.42 bits per heavy atom. The third kappa shape index (κ3) is 2.86. The molecule has 0 amide bonds. The third-order valence-electron chi connectivity index (χ3n) is 2.98. The molecular weight excluding hydrogens is 288 g/mol. The topological polar surface area (TPSA) is 72.6 Å². The summed E-state index contributed by atoms with van der Waals surface area (Å²) in [5, 5.41) is 0.145. The normalized spacial score (nSPS) is 25.4. The molecule has 0 spiro atoms. The van der Waals surface area contributed by atoms with E-state index in [1.165, 1.54) is 16.4 Å². The van der Waals surface area contributed by atoms with Crippen LogP contribution in [0.25, 0.3) is 0 Å². The number of hydrogen-bond donors (Lipinski definition) is 1. The molecule has 1 aliphatic heterocycles. The van der Waals surface area contributed by atoms with Crippen molar-refractivity contribution < 1.29 is 13.2 Å². The summed E-state index contributed by atoms with van der Waals surface area (Å²) >= 11 is 5.99. The van der Waals surface area contributed by atoms with Crippen molar-refractivity contribution in [3.8, 4) is 0 Å². The van der Waals surface area contributed by atoms with Crippen molar-refractivity contribution in [1.82, 2.24) is 4.31 Å². The van der Waals surface area contributed by atoms with E-state index in [9.17, 15) is 8.42 Å². The zero-order valence-electron chi connectivity index (χ0n) is 10.8. The van der Waals surface area contributed by atoms with E-state index in [1.807, 2.05) is 13.8 Å². The number of nitrogens with two attached hydrogens (primary N) is 1. The smallest absolute Gasteiger partial charge is 0.246 e. The molecule has 5 nitrogen and oxygen atoms in total. The Kier molecular flexibility index (Phi) is 4.06. The highest BCUT2D eigenvalue weighted by atomic mass is 35.5. The summed E-state index contributed by atoms with van der Waals surface area (Å²) < 4.78 is 32.2. The van der Waals surface area contributed by atoms with Crippen LogP contribution in [0.1, 0.15) is 13.8 Å². The van der Waals surface area contributed by atoms with Crippen molar-refractivity contribution in [2.45, 2.75) is 31.0 Å². The average Bonchev–Trinajstić information content (AvgIpc) is 2.26. The number of nitrogen functional groups attached to an aromatic ring is 1. The van der Waals surface area contributed by atoms with Crippen LogP contribution in [-0.4, -0.2) is 38.0 Å². The van der Waals surface area contributed by atoms with Crippen molar-refractivity contribution >= 4 is 27.3 Å². The molecule has 19 heavy (non-hydrogen) atoms. The molecule has 7 heteroatoms. The van der Waals surface area contributed by atoms with Gasteiger partial charge in [-0.3, -0.25) is 0 Å². The fraction of sp³-hybridized carbons (Fsp3) is 0.500. The first kappa shape index (κ1) is 14.6. The van der Waals surface area contributed by atoms with E-state index >= 15 is 0 Å². The van der Waals surface area contributed by atoms with Crippen LogP contribution in [0.15, 0.2) is 23.1 Å². The van der Waals surface area contributed by atoms with Crippen LogP contribution in [0, 0.1) is 0 Å². The lowest BCUT2D eigenvalue weighted by Gasteiger charge is -2.34. The van der Waals surface area contributed by atoms with Gasteiger partial charge in [-0.2, -0.15) is 4.31 Å². The molecule has 2 rings (SSSR count). The van der Waals surface area contributed by atoms with Crippen molar-refractivity contribution in [1.29, 1.82) is 0 Å². The van der Waals surface area contributed by atoms with Gasteiger partial charge in [0.2, 0.25) is 10.0 Å². The highest BCUT2D eigenvalue weighted by molar-refractivity contribution is 7.89. The molecule has 0 unspecified atom stereocenters. The van der Waals surface area contributed by atoms with Gasteiger partial charge in [0.15, 0.2) is 0 Å². The van der Waals surface area contributed by atoms with E-state index in [0.717, 1.165) is 0 Å². The van der Waals surface area contributed by atoms with Crippen molar-refractivity contribution in [3.63, 3.8) is 0 Å². The molecule has 1 aliphatic rings. The number of hydrogen-bond acceptors (Lipinski definition) is 4. The van der Waals surface area contributed by atoms with Gasteiger partial charge in [-0.15, -0.1) is 0 Å². The number of anilines is 1. The Bertz CT molecular complexity index is 546. The van der Waals surface area contributed by atoms with Gasteiger partial charge in [0.05, 0.1) is 22.9 Å². The summed E-state index contributed by atoms with van der Waals surface area (Å²) in [6.07, 6.45) is -0.301. The fourth-order valence-corrected chi connectivity index (χ4v) is 4.48. The number of halogens is 1. The van der Waals surface area contributed by atoms with Crippen LogP contribution >= 0.6 is 11.6 Å². The first-order chi connectivity index (χ1) is 8.82. The van der Waals surface area contributed by atoms with Gasteiger partial charge < -0.3 is 10.5 Å². The molecule has 106 valence electrons. The van der Waals surface area contributed by atoms with E-state index < -0.39 is 10.0 Å². The summed E-state index contributed by atoms with van der Waals surface area (Å²) in [4.78, 5) is -0.0158. The van der Waals surface area contributed by atoms with Gasteiger partial charge in [0.25, 0.3) is 0 Å². The quantitative estimate of drug-likeness (QED) is 0.844. The summed E-state index contributed by atoms with van der Waals surface area (Å²) in [7, 11) is -3.69. The fourth-order valence-electron chi connectivity index (χ4n) is 2.25. The summed E-state index contributed by atoms with van der Waals surface area (Å²) in [6, 6.07) is 4.69. The molecule has 1 aromatic rings. The SMILES string of the molecule is C[C@@H]1CN(S(=O)(=O)c2c(N)cccc2Cl)C[C@H](C)O1. The number of rotatable bonds is 2. The van der Waals surface area contributed by atoms with Crippen molar-refractivity contribution in [3.05, 3.63) is 23.2 Å². The minimum atomic E-state index is -3.69. The van der Waals surface area contributed by atoms with Crippen LogP contribution in [0.4, 0.5) is 5.69 Å². The Morgan fingerprint density at radius 1 is 1.32 bits per heavy atom. The molecule has 1 heterocycles. The standard InChI is InChI=1S/C12H17ClN2O3S/c1-8-6-15(7-9(2)18-8)19(16,17)12-10(13)4-3-5-11(12)14/h3-5,8-9H,6-7,14H2,1-2H3/t8-,9+. The molecule has 2 atom stereocenters. The van der Waals surface area contributed by atoms with Crippen molar-refractivity contribution in [2.75, 3.05) is 18.8 Å². The zero-order chi connectivity index (χ0) is 14.2. The molecule has 0 aliphatic carbocycles. The van der Waals surface area contributed by atoms with Gasteiger partial charge >= 0.3 is 0 Å². The first-order valence-electron chi connectivity index (χ1n) is 6.02. The van der Waals surface area contributed by atoms with E-state index in [1.54, 1.807) is 6.07 Å². The minimum absolute atomic E-state index is 0.0158. The molecule has 0 aromatic heterocycles. The predicted molar refractivity (Wildman–Crippen MR) is 74.6 cm³/mol. The second kappa shape index (κ2) is 5.28. The molecule has 2 N–H and O–H groups in total. The summed E-state index contributed by atoms with van der Waals surface area (Å²) in [5.41, 5.74) is 5.93. The second-order valence-electron chi connectivity index (χ2n) is 4.74. The molecular formula is C12H17ClN2O3S. The largest absolute Gasteiger partial charge is 0.398 e. The maximum absolute atomic E-state index is 12.6. The highest BCUT2D eigenvalue weighted by Crippen LogP contribution is 2.31. The van der Waals surface area contributed by atoms with Gasteiger partial charge in [0, 0.05) is 13.1 Å². The van der Waals surface area contributed by atoms with Crippen LogP contribution < -0.4 is 5.73 Å². The first-order valence-corrected chi connectivity index (χ1v) is 7.83. The van der Waals surface area contributed by atoms with Crippen LogP contribution in [0.2, 0.25) is 5.02 Å². The zero-order valence-corrected chi connectivity index (χ0v) is 12.4. The molecule has 0 saturated carbocycles. The van der Waals surface area contributed by atoms with Crippen LogP contribution in [-0.2, 0) is 14.8 Å². The lowest BCUT2D eigenvalue weighted by Crippen LogP contribution is -2.48. The highest BCUT2D eigenvalue weighted by Gasteiger charge is 2.34. The molecule has 1 saturated heterocycles. The lowest BCUT2D eigenvalue weighted by molar-refractivity contribution is -0.0440. The van der Waals surface area contributed by atoms with Gasteiger partial charge in [0.1, 0.15) is 4.90 Å². The monoisotopic (exact) mass is 304 g/mol. The van der Waals surface area contributed by atoms with Crippen LogP contribution in [0.3, 0.4) is 0 Å². The Hall–Kier alpha value is -0.820. The number of morpholine rings is 1. The van der Waals surface area contributed by atoms with E-state index in [0.29, 0.717) is 13.1 Å². The van der Waals surface area contributed by atoms with Gasteiger partial charge in [-0.1, -0.05) is 17.7 Å². The van der Waals surface area contributed by atoms with Crippen molar-refractivity contribution in [2.24, 2.45) is 0 Å². The van der Waals surface area contributed by atoms with E-state index in [-0.39, 0.29) is 27.8 Å². The maximum atomic E-state index is 12.6. The van der Waals surface area contributed by atoms with Gasteiger partial charge in [-0.05, 0) is 26.0 Å². The summed E-state index contributed by atoms with van der Waals surface area (Å²) in [5.74, 6) is 0. The number of benzene rings is 1. The third-order valence-corrected chi connectivity index (χ3v) is 5.36. The molecule has 1 fully saturated rings. The minimum Gasteiger partial charge on any atom is -0.398 e. The van der Waals surface area contributed by atoms with E-state index in [2.05, 4.69) is 0 Å². The lowest BCUT2D eigenvalue weighted by atomic mass is 10.3.